The molecule has 0 unspecified atom stereocenters. The largest absolute Gasteiger partial charge is 0.494 e. The zero-order chi connectivity index (χ0) is 14.4. The second-order valence-electron chi connectivity index (χ2n) is 5.71. The van der Waals surface area contributed by atoms with E-state index in [1.807, 2.05) is 27.7 Å². The predicted molar refractivity (Wildman–Crippen MR) is 81.6 cm³/mol. The van der Waals surface area contributed by atoms with Crippen LogP contribution in [0.2, 0.25) is 10.0 Å². The van der Waals surface area contributed by atoms with Gasteiger partial charge in [-0.2, -0.15) is 0 Å². The first-order chi connectivity index (χ1) is 8.66. The van der Waals surface area contributed by atoms with Gasteiger partial charge in [-0.15, -0.1) is 0 Å². The fourth-order valence-electron chi connectivity index (χ4n) is 1.91. The summed E-state index contributed by atoms with van der Waals surface area (Å²) in [5.41, 5.74) is 0.515. The number of hydrogen-bond acceptors (Lipinski definition) is 2. The van der Waals surface area contributed by atoms with E-state index < -0.39 is 18.3 Å². The van der Waals surface area contributed by atoms with E-state index in [0.717, 1.165) is 0 Å². The molecule has 0 saturated carbocycles. The molecule has 1 aromatic carbocycles. The summed E-state index contributed by atoms with van der Waals surface area (Å²) in [4.78, 5) is 0. The Labute approximate surface area is 124 Å². The molecule has 19 heavy (non-hydrogen) atoms. The van der Waals surface area contributed by atoms with E-state index in [1.165, 1.54) is 0 Å². The Morgan fingerprint density at radius 1 is 1.05 bits per heavy atom. The van der Waals surface area contributed by atoms with Crippen LogP contribution in [0, 0.1) is 0 Å². The van der Waals surface area contributed by atoms with Gasteiger partial charge in [0.25, 0.3) is 0 Å². The number of halogens is 2. The summed E-state index contributed by atoms with van der Waals surface area (Å²) in [6, 6.07) is 5.35. The third-order valence-electron chi connectivity index (χ3n) is 3.82. The van der Waals surface area contributed by atoms with Crippen molar-refractivity contribution in [3.05, 3.63) is 40.4 Å². The molecule has 1 saturated heterocycles. The predicted octanol–water partition coefficient (Wildman–Crippen LogP) is 4.64. The fraction of sp³-hybridized carbons (Fsp3) is 0.429. The minimum atomic E-state index is -0.539. The standard InChI is InChI=1S/C14H17BCl2O2/c1-9(12-10(16)7-6-8-11(12)17)15-18-13(2,3)14(4,5)19-15/h6-8H,1H2,2-5H3. The lowest BCUT2D eigenvalue weighted by molar-refractivity contribution is 0.00578. The van der Waals surface area contributed by atoms with Gasteiger partial charge < -0.3 is 9.31 Å². The molecule has 1 heterocycles. The van der Waals surface area contributed by atoms with Crippen LogP contribution in [0.15, 0.2) is 24.8 Å². The van der Waals surface area contributed by atoms with Crippen LogP contribution in [0.3, 0.4) is 0 Å². The Balaban J connectivity index is 2.33. The average molecular weight is 299 g/mol. The smallest absolute Gasteiger partial charge is 0.399 e. The molecule has 1 fully saturated rings. The van der Waals surface area contributed by atoms with Gasteiger partial charge >= 0.3 is 7.12 Å². The van der Waals surface area contributed by atoms with Crippen LogP contribution in [-0.2, 0) is 9.31 Å². The Morgan fingerprint density at radius 3 is 1.89 bits per heavy atom. The van der Waals surface area contributed by atoms with Crippen LogP contribution in [0.1, 0.15) is 33.3 Å². The van der Waals surface area contributed by atoms with Crippen molar-refractivity contribution in [1.29, 1.82) is 0 Å². The van der Waals surface area contributed by atoms with E-state index in [0.29, 0.717) is 21.1 Å². The maximum absolute atomic E-state index is 6.19. The lowest BCUT2D eigenvalue weighted by atomic mass is 9.75. The molecular weight excluding hydrogens is 282 g/mol. The molecule has 0 spiro atoms. The molecule has 0 aliphatic carbocycles. The summed E-state index contributed by atoms with van der Waals surface area (Å²) in [6.45, 7) is 12.0. The minimum absolute atomic E-state index is 0.408. The maximum Gasteiger partial charge on any atom is 0.494 e. The Hall–Kier alpha value is -0.475. The SMILES string of the molecule is C=C(B1OC(C)(C)C(C)(C)O1)c1c(Cl)cccc1Cl. The molecule has 0 aromatic heterocycles. The van der Waals surface area contributed by atoms with E-state index in [4.69, 9.17) is 32.5 Å². The maximum atomic E-state index is 6.19. The first kappa shape index (κ1) is 14.9. The quantitative estimate of drug-likeness (QED) is 0.741. The van der Waals surface area contributed by atoms with Crippen molar-refractivity contribution < 1.29 is 9.31 Å². The molecule has 2 nitrogen and oxygen atoms in total. The molecule has 0 bridgehead atoms. The van der Waals surface area contributed by atoms with Crippen LogP contribution in [-0.4, -0.2) is 18.3 Å². The second-order valence-corrected chi connectivity index (χ2v) is 6.52. The average Bonchev–Trinajstić information content (AvgIpc) is 2.47. The van der Waals surface area contributed by atoms with Crippen molar-refractivity contribution in [2.24, 2.45) is 0 Å². The summed E-state index contributed by atoms with van der Waals surface area (Å²) < 4.78 is 11.9. The van der Waals surface area contributed by atoms with Gasteiger partial charge in [0.2, 0.25) is 0 Å². The van der Waals surface area contributed by atoms with Crippen LogP contribution >= 0.6 is 23.2 Å². The summed E-state index contributed by atoms with van der Waals surface area (Å²) in [7, 11) is -0.539. The molecule has 5 heteroatoms. The zero-order valence-electron chi connectivity index (χ0n) is 11.6. The monoisotopic (exact) mass is 298 g/mol. The van der Waals surface area contributed by atoms with E-state index >= 15 is 0 Å². The van der Waals surface area contributed by atoms with Gasteiger partial charge in [0.1, 0.15) is 0 Å². The highest BCUT2D eigenvalue weighted by atomic mass is 35.5. The Kier molecular flexibility index (Phi) is 3.78. The van der Waals surface area contributed by atoms with Gasteiger partial charge in [-0.25, -0.2) is 0 Å². The highest BCUT2D eigenvalue weighted by Crippen LogP contribution is 2.42. The van der Waals surface area contributed by atoms with Crippen molar-refractivity contribution in [1.82, 2.24) is 0 Å². The third-order valence-corrected chi connectivity index (χ3v) is 4.45. The van der Waals surface area contributed by atoms with Gasteiger partial charge in [0.05, 0.1) is 11.2 Å². The van der Waals surface area contributed by atoms with E-state index in [9.17, 15) is 0 Å². The molecule has 102 valence electrons. The van der Waals surface area contributed by atoms with E-state index in [1.54, 1.807) is 18.2 Å². The molecule has 2 rings (SSSR count). The van der Waals surface area contributed by atoms with Crippen molar-refractivity contribution in [3.8, 4) is 0 Å². The van der Waals surface area contributed by atoms with Crippen LogP contribution < -0.4 is 0 Å². The minimum Gasteiger partial charge on any atom is -0.399 e. The first-order valence-electron chi connectivity index (χ1n) is 6.14. The first-order valence-corrected chi connectivity index (χ1v) is 6.90. The van der Waals surface area contributed by atoms with Crippen LogP contribution in [0.25, 0.3) is 5.47 Å². The van der Waals surface area contributed by atoms with Crippen molar-refractivity contribution >= 4 is 35.8 Å². The third kappa shape index (κ3) is 2.57. The fourth-order valence-corrected chi connectivity index (χ4v) is 2.55. The van der Waals surface area contributed by atoms with E-state index in [-0.39, 0.29) is 0 Å². The van der Waals surface area contributed by atoms with Crippen molar-refractivity contribution in [3.63, 3.8) is 0 Å². The van der Waals surface area contributed by atoms with Gasteiger partial charge in [-0.1, -0.05) is 35.8 Å². The van der Waals surface area contributed by atoms with Gasteiger partial charge in [0.15, 0.2) is 0 Å². The second kappa shape index (κ2) is 4.82. The number of rotatable bonds is 2. The van der Waals surface area contributed by atoms with Crippen molar-refractivity contribution in [2.45, 2.75) is 38.9 Å². The van der Waals surface area contributed by atoms with Crippen LogP contribution in [0.5, 0.6) is 0 Å². The van der Waals surface area contributed by atoms with Gasteiger partial charge in [-0.3, -0.25) is 0 Å². The molecule has 0 radical (unpaired) electrons. The molecule has 1 aliphatic rings. The van der Waals surface area contributed by atoms with E-state index in [2.05, 4.69) is 6.58 Å². The summed E-state index contributed by atoms with van der Waals surface area (Å²) in [5, 5.41) is 1.10. The molecule has 0 N–H and O–H groups in total. The Bertz CT molecular complexity index is 490. The Morgan fingerprint density at radius 2 is 1.47 bits per heavy atom. The topological polar surface area (TPSA) is 18.5 Å². The molecule has 0 amide bonds. The zero-order valence-corrected chi connectivity index (χ0v) is 13.1. The number of hydrogen-bond donors (Lipinski definition) is 0. The van der Waals surface area contributed by atoms with Crippen LogP contribution in [0.4, 0.5) is 0 Å². The normalized spacial score (nSPS) is 20.6. The molecular formula is C14H17BCl2O2. The number of benzene rings is 1. The molecule has 0 atom stereocenters. The molecule has 1 aliphatic heterocycles. The summed E-state index contributed by atoms with van der Waals surface area (Å²) in [6.07, 6.45) is 0. The molecule has 1 aromatic rings. The van der Waals surface area contributed by atoms with Crippen molar-refractivity contribution in [2.75, 3.05) is 0 Å². The summed E-state index contributed by atoms with van der Waals surface area (Å²) in [5.74, 6) is 0. The highest BCUT2D eigenvalue weighted by Gasteiger charge is 2.52. The van der Waals surface area contributed by atoms with Gasteiger partial charge in [-0.05, 0) is 45.3 Å². The lowest BCUT2D eigenvalue weighted by Crippen LogP contribution is -2.41. The van der Waals surface area contributed by atoms with Gasteiger partial charge in [0, 0.05) is 15.6 Å². The summed E-state index contributed by atoms with van der Waals surface area (Å²) >= 11 is 12.4. The lowest BCUT2D eigenvalue weighted by Gasteiger charge is -2.32. The highest BCUT2D eigenvalue weighted by molar-refractivity contribution is 6.69.